The number of amides is 2. The van der Waals surface area contributed by atoms with Crippen LogP contribution in [0.3, 0.4) is 0 Å². The second-order valence-electron chi connectivity index (χ2n) is 9.00. The van der Waals surface area contributed by atoms with Gasteiger partial charge in [0.2, 0.25) is 0 Å². The van der Waals surface area contributed by atoms with Gasteiger partial charge in [-0.1, -0.05) is 6.07 Å². The molecule has 0 bridgehead atoms. The van der Waals surface area contributed by atoms with E-state index < -0.39 is 16.4 Å². The zero-order valence-corrected chi connectivity index (χ0v) is 19.1. The largest absolute Gasteiger partial charge is 0.484 e. The van der Waals surface area contributed by atoms with Crippen LogP contribution in [0.5, 0.6) is 5.75 Å². The predicted molar refractivity (Wildman–Crippen MR) is 128 cm³/mol. The second-order valence-corrected chi connectivity index (χ2v) is 9.00. The van der Waals surface area contributed by atoms with Gasteiger partial charge >= 0.3 is 11.7 Å². The van der Waals surface area contributed by atoms with Crippen LogP contribution >= 0.6 is 0 Å². The topological polar surface area (TPSA) is 120 Å². The van der Waals surface area contributed by atoms with Crippen LogP contribution in [0.4, 0.5) is 11.5 Å². The number of carbonyl (C=O) groups is 2. The zero-order chi connectivity index (χ0) is 24.9. The minimum Gasteiger partial charge on any atom is -0.484 e. The molecule has 2 aliphatic rings. The van der Waals surface area contributed by atoms with E-state index >= 15 is 0 Å². The molecule has 0 atom stereocenters. The predicted octanol–water partition coefficient (Wildman–Crippen LogP) is 2.87. The molecule has 2 aliphatic heterocycles. The van der Waals surface area contributed by atoms with E-state index in [9.17, 15) is 19.7 Å². The molecule has 10 heteroatoms. The van der Waals surface area contributed by atoms with Gasteiger partial charge in [0.15, 0.2) is 0 Å². The Kier molecular flexibility index (Phi) is 5.06. The molecule has 2 amide bonds. The monoisotopic (exact) mass is 471 g/mol. The molecule has 10 nitrogen and oxygen atoms in total. The molecule has 1 aromatic heterocycles. The minimum absolute atomic E-state index is 0.159. The molecule has 0 saturated heterocycles. The highest BCUT2D eigenvalue weighted by atomic mass is 16.6. The van der Waals surface area contributed by atoms with Gasteiger partial charge in [-0.15, -0.1) is 11.1 Å². The summed E-state index contributed by atoms with van der Waals surface area (Å²) < 4.78 is 7.39. The van der Waals surface area contributed by atoms with Gasteiger partial charge in [-0.05, 0) is 72.6 Å². The lowest BCUT2D eigenvalue weighted by atomic mass is 9.96. The molecule has 35 heavy (non-hydrogen) atoms. The normalized spacial score (nSPS) is 15.8. The molecule has 0 fully saturated rings. The van der Waals surface area contributed by atoms with Crippen molar-refractivity contribution in [2.24, 2.45) is 0 Å². The van der Waals surface area contributed by atoms with Crippen LogP contribution in [-0.2, 0) is 11.2 Å². The number of anilines is 1. The maximum Gasteiger partial charge on any atom is 0.398 e. The molecule has 1 N–H and O–H groups in total. The van der Waals surface area contributed by atoms with Crippen molar-refractivity contribution in [1.82, 2.24) is 15.1 Å². The summed E-state index contributed by atoms with van der Waals surface area (Å²) in [7, 11) is 0. The Balaban J connectivity index is 1.59. The molecule has 2 aromatic carbocycles. The van der Waals surface area contributed by atoms with Gasteiger partial charge in [0, 0.05) is 12.1 Å². The maximum atomic E-state index is 12.4. The van der Waals surface area contributed by atoms with Gasteiger partial charge < -0.3 is 20.2 Å². The van der Waals surface area contributed by atoms with E-state index in [1.54, 1.807) is 42.6 Å². The van der Waals surface area contributed by atoms with Crippen molar-refractivity contribution in [3.05, 3.63) is 63.8 Å². The molecule has 0 unspecified atom stereocenters. The van der Waals surface area contributed by atoms with E-state index in [4.69, 9.17) is 11.2 Å². The number of fused-ring (bicyclic) bond motifs is 2. The van der Waals surface area contributed by atoms with Crippen molar-refractivity contribution in [3.8, 4) is 34.9 Å². The number of nitro groups is 1. The van der Waals surface area contributed by atoms with E-state index in [1.165, 1.54) is 9.58 Å². The Morgan fingerprint density at radius 2 is 2.06 bits per heavy atom. The van der Waals surface area contributed by atoms with Gasteiger partial charge in [0.1, 0.15) is 16.9 Å². The third kappa shape index (κ3) is 3.87. The maximum absolute atomic E-state index is 12.4. The molecular formula is C25H21N5O5. The number of nitrogens with zero attached hydrogens (tertiary/aromatic N) is 4. The van der Waals surface area contributed by atoms with E-state index in [1.807, 2.05) is 13.8 Å². The average Bonchev–Trinajstić information content (AvgIpc) is 3.28. The number of carbonyl (C=O) groups excluding carboxylic acids is 2. The first-order valence-electron chi connectivity index (χ1n) is 10.9. The molecular weight excluding hydrogens is 450 g/mol. The van der Waals surface area contributed by atoms with Crippen molar-refractivity contribution < 1.29 is 19.2 Å². The summed E-state index contributed by atoms with van der Waals surface area (Å²) in [5.41, 5.74) is 2.61. The number of ether oxygens (including phenoxy) is 1. The fraction of sp³-hybridized carbons (Fsp3) is 0.240. The molecule has 5 rings (SSSR count). The quantitative estimate of drug-likeness (QED) is 0.356. The first kappa shape index (κ1) is 22.2. The molecule has 0 aliphatic carbocycles. The summed E-state index contributed by atoms with van der Waals surface area (Å²) in [6.07, 6.45) is 7.57. The molecule has 3 aromatic rings. The second kappa shape index (κ2) is 7.99. The van der Waals surface area contributed by atoms with E-state index in [0.29, 0.717) is 46.8 Å². The van der Waals surface area contributed by atoms with Crippen LogP contribution in [0.15, 0.2) is 42.6 Å². The highest BCUT2D eigenvalue weighted by Crippen LogP contribution is 2.39. The van der Waals surface area contributed by atoms with Crippen LogP contribution in [0.2, 0.25) is 0 Å². The van der Waals surface area contributed by atoms with Crippen molar-refractivity contribution in [1.29, 1.82) is 0 Å². The van der Waals surface area contributed by atoms with E-state index in [-0.39, 0.29) is 18.3 Å². The van der Waals surface area contributed by atoms with Crippen LogP contribution in [0, 0.1) is 22.5 Å². The number of aromatic nitrogens is 2. The molecule has 176 valence electrons. The highest BCUT2D eigenvalue weighted by molar-refractivity contribution is 6.06. The number of nitrogens with one attached hydrogen (secondary N) is 1. The van der Waals surface area contributed by atoms with Gasteiger partial charge in [0.25, 0.3) is 5.91 Å². The fourth-order valence-electron chi connectivity index (χ4n) is 4.43. The lowest BCUT2D eigenvalue weighted by Crippen LogP contribution is -2.49. The summed E-state index contributed by atoms with van der Waals surface area (Å²) in [6.45, 7) is 4.47. The summed E-state index contributed by atoms with van der Waals surface area (Å²) in [4.78, 5) is 37.2. The fourth-order valence-corrected chi connectivity index (χ4v) is 4.43. The van der Waals surface area contributed by atoms with Crippen LogP contribution < -0.4 is 15.0 Å². The van der Waals surface area contributed by atoms with Crippen molar-refractivity contribution in [2.45, 2.75) is 25.9 Å². The van der Waals surface area contributed by atoms with Crippen LogP contribution in [-0.4, -0.2) is 45.2 Å². The van der Waals surface area contributed by atoms with E-state index in [2.05, 4.69) is 16.3 Å². The Bertz CT molecular complexity index is 1450. The van der Waals surface area contributed by atoms with Gasteiger partial charge in [-0.3, -0.25) is 14.5 Å². The number of terminal acetylenes is 1. The Morgan fingerprint density at radius 3 is 2.80 bits per heavy atom. The van der Waals surface area contributed by atoms with E-state index in [0.717, 1.165) is 5.56 Å². The lowest BCUT2D eigenvalue weighted by molar-refractivity contribution is -0.389. The lowest BCUT2D eigenvalue weighted by Gasteiger charge is -2.39. The average molecular weight is 471 g/mol. The summed E-state index contributed by atoms with van der Waals surface area (Å²) in [5, 5.41) is 18.8. The Morgan fingerprint density at radius 1 is 1.26 bits per heavy atom. The first-order chi connectivity index (χ1) is 16.7. The van der Waals surface area contributed by atoms with Gasteiger partial charge in [-0.25, -0.2) is 0 Å². The first-order valence-corrected chi connectivity index (χ1v) is 10.9. The summed E-state index contributed by atoms with van der Waals surface area (Å²) in [6, 6.07) is 10.2. The molecule has 0 saturated carbocycles. The molecule has 0 spiro atoms. The van der Waals surface area contributed by atoms with Crippen LogP contribution in [0.1, 0.15) is 29.8 Å². The number of rotatable bonds is 3. The zero-order valence-electron chi connectivity index (χ0n) is 19.1. The number of benzene rings is 2. The van der Waals surface area contributed by atoms with Crippen molar-refractivity contribution in [3.63, 3.8) is 0 Å². The number of hydrogen-bond acceptors (Lipinski definition) is 6. The van der Waals surface area contributed by atoms with Crippen molar-refractivity contribution >= 4 is 23.3 Å². The standard InChI is InChI=1S/C25H21N5O5/c1-4-22(31)28-14-25(2,3)35-21-8-6-17(12-20(21)28)29-13-19(23(27-29)30(33)34)15-5-7-18-16(11-15)9-10-26-24(18)32/h1,5-8,11-13H,9-10,14H2,2-3H3,(H,26,32). The highest BCUT2D eigenvalue weighted by Gasteiger charge is 2.35. The summed E-state index contributed by atoms with van der Waals surface area (Å²) >= 11 is 0. The van der Waals surface area contributed by atoms with Crippen molar-refractivity contribution in [2.75, 3.05) is 18.0 Å². The Labute approximate surface area is 200 Å². The third-order valence-electron chi connectivity index (χ3n) is 6.00. The van der Waals surface area contributed by atoms with Gasteiger partial charge in [-0.2, -0.15) is 0 Å². The molecule has 0 radical (unpaired) electrons. The smallest absolute Gasteiger partial charge is 0.398 e. The number of hydrogen-bond donors (Lipinski definition) is 1. The SMILES string of the molecule is C#CC(=O)N1CC(C)(C)Oc2ccc(-n3cc(-c4ccc5c(c4)CCNC5=O)c([N+](=O)[O-])n3)cc21. The summed E-state index contributed by atoms with van der Waals surface area (Å²) in [5.74, 6) is 1.63. The minimum atomic E-state index is -0.637. The van der Waals surface area contributed by atoms with Gasteiger partial charge in [0.05, 0.1) is 29.2 Å². The third-order valence-corrected chi connectivity index (χ3v) is 6.00. The Hall–Kier alpha value is -4.65. The van der Waals surface area contributed by atoms with Crippen LogP contribution in [0.25, 0.3) is 16.8 Å². The molecule has 3 heterocycles.